The average molecular weight is 308 g/mol. The van der Waals surface area contributed by atoms with E-state index in [0.29, 0.717) is 0 Å². The van der Waals surface area contributed by atoms with Crippen molar-refractivity contribution < 1.29 is 4.39 Å². The van der Waals surface area contributed by atoms with Crippen LogP contribution >= 0.6 is 0 Å². The first kappa shape index (κ1) is 13.9. The Morgan fingerprint density at radius 1 is 1.09 bits per heavy atom. The van der Waals surface area contributed by atoms with Gasteiger partial charge in [0.2, 0.25) is 5.95 Å². The molecule has 3 heterocycles. The number of nitrogens with zero attached hydrogens (tertiary/aromatic N) is 3. The Morgan fingerprint density at radius 3 is 2.48 bits per heavy atom. The number of anilines is 1. The summed E-state index contributed by atoms with van der Waals surface area (Å²) in [6, 6.07) is 6.66. The van der Waals surface area contributed by atoms with Gasteiger partial charge in [-0.1, -0.05) is 12.1 Å². The third-order valence-corrected chi connectivity index (χ3v) is 4.51. The smallest absolute Gasteiger partial charge is 0.219 e. The molecule has 0 unspecified atom stereocenters. The van der Waals surface area contributed by atoms with E-state index < -0.39 is 0 Å². The summed E-state index contributed by atoms with van der Waals surface area (Å²) in [6.45, 7) is 3.12. The molecule has 4 rings (SSSR count). The Balaban J connectivity index is 1.98. The molecule has 0 radical (unpaired) electrons. The van der Waals surface area contributed by atoms with E-state index in [4.69, 9.17) is 5.73 Å². The van der Waals surface area contributed by atoms with Crippen LogP contribution in [0.5, 0.6) is 0 Å². The number of hydrogen-bond acceptors (Lipinski definition) is 3. The van der Waals surface area contributed by atoms with Crippen LogP contribution in [0.4, 0.5) is 10.3 Å². The molecular weight excluding hydrogens is 291 g/mol. The number of hydrogen-bond donors (Lipinski definition) is 1. The third kappa shape index (κ3) is 2.20. The third-order valence-electron chi connectivity index (χ3n) is 4.51. The normalized spacial score (nSPS) is 13.3. The lowest BCUT2D eigenvalue weighted by atomic mass is 9.97. The molecule has 116 valence electrons. The summed E-state index contributed by atoms with van der Waals surface area (Å²) in [4.78, 5) is 8.26. The second kappa shape index (κ2) is 5.19. The fourth-order valence-corrected chi connectivity index (χ4v) is 3.50. The van der Waals surface area contributed by atoms with Gasteiger partial charge in [0.15, 0.2) is 0 Å². The van der Waals surface area contributed by atoms with Gasteiger partial charge in [0, 0.05) is 35.8 Å². The molecule has 0 saturated heterocycles. The first-order valence-corrected chi connectivity index (χ1v) is 7.71. The molecule has 1 aromatic carbocycles. The molecule has 0 spiro atoms. The number of halogens is 1. The van der Waals surface area contributed by atoms with Crippen LogP contribution in [0.3, 0.4) is 0 Å². The molecule has 0 atom stereocenters. The van der Waals surface area contributed by atoms with Crippen LogP contribution in [0, 0.1) is 12.7 Å². The maximum absolute atomic E-state index is 13.3. The fraction of sp³-hybridized carbons (Fsp3) is 0.222. The minimum Gasteiger partial charge on any atom is -0.368 e. The number of benzene rings is 1. The molecule has 2 aromatic heterocycles. The second-order valence-corrected chi connectivity index (χ2v) is 5.89. The van der Waals surface area contributed by atoms with Gasteiger partial charge >= 0.3 is 0 Å². The lowest BCUT2D eigenvalue weighted by Crippen LogP contribution is -1.99. The topological polar surface area (TPSA) is 56.7 Å². The molecular formula is C18H17FN4. The minimum absolute atomic E-state index is 0.226. The van der Waals surface area contributed by atoms with Gasteiger partial charge in [-0.05, 0) is 43.0 Å². The van der Waals surface area contributed by atoms with Crippen molar-refractivity contribution in [2.24, 2.45) is 0 Å². The molecule has 23 heavy (non-hydrogen) atoms. The van der Waals surface area contributed by atoms with E-state index in [2.05, 4.69) is 21.5 Å². The van der Waals surface area contributed by atoms with E-state index in [-0.39, 0.29) is 11.8 Å². The molecule has 1 aliphatic rings. The molecule has 0 fully saturated rings. The van der Waals surface area contributed by atoms with Crippen molar-refractivity contribution in [1.29, 1.82) is 0 Å². The van der Waals surface area contributed by atoms with E-state index in [0.717, 1.165) is 41.8 Å². The van der Waals surface area contributed by atoms with Crippen LogP contribution in [0.2, 0.25) is 0 Å². The molecule has 0 amide bonds. The number of nitrogens with two attached hydrogens (primary N) is 1. The average Bonchev–Trinajstić information content (AvgIpc) is 3.12. The van der Waals surface area contributed by atoms with Crippen molar-refractivity contribution in [3.63, 3.8) is 0 Å². The summed E-state index contributed by atoms with van der Waals surface area (Å²) >= 11 is 0. The quantitative estimate of drug-likeness (QED) is 0.787. The highest BCUT2D eigenvalue weighted by Crippen LogP contribution is 2.41. The Labute approximate surface area is 133 Å². The molecule has 2 N–H and O–H groups in total. The van der Waals surface area contributed by atoms with Crippen LogP contribution in [0.25, 0.3) is 22.4 Å². The zero-order valence-corrected chi connectivity index (χ0v) is 12.9. The zero-order chi connectivity index (χ0) is 16.0. The van der Waals surface area contributed by atoms with Gasteiger partial charge in [-0.25, -0.2) is 14.4 Å². The first-order valence-electron chi connectivity index (χ1n) is 7.71. The Kier molecular flexibility index (Phi) is 3.15. The van der Waals surface area contributed by atoms with Gasteiger partial charge < -0.3 is 10.3 Å². The summed E-state index contributed by atoms with van der Waals surface area (Å²) in [5.41, 5.74) is 12.4. The van der Waals surface area contributed by atoms with Crippen LogP contribution in [0.15, 0.2) is 36.7 Å². The first-order chi connectivity index (χ1) is 11.1. The van der Waals surface area contributed by atoms with E-state index in [1.165, 1.54) is 23.4 Å². The SMILES string of the molecule is Cc1c(-c2ccc(F)cc2)c(-c2cnc(N)nc2)n2c1CCC2. The summed E-state index contributed by atoms with van der Waals surface area (Å²) in [5.74, 6) is 0.0394. The van der Waals surface area contributed by atoms with Gasteiger partial charge in [0.1, 0.15) is 5.82 Å². The van der Waals surface area contributed by atoms with E-state index >= 15 is 0 Å². The van der Waals surface area contributed by atoms with Crippen molar-refractivity contribution >= 4 is 5.95 Å². The molecule has 5 heteroatoms. The Morgan fingerprint density at radius 2 is 1.78 bits per heavy atom. The van der Waals surface area contributed by atoms with Gasteiger partial charge in [-0.15, -0.1) is 0 Å². The Bertz CT molecular complexity index is 864. The summed E-state index contributed by atoms with van der Waals surface area (Å²) in [7, 11) is 0. The minimum atomic E-state index is -0.226. The largest absolute Gasteiger partial charge is 0.368 e. The second-order valence-electron chi connectivity index (χ2n) is 5.89. The monoisotopic (exact) mass is 308 g/mol. The highest BCUT2D eigenvalue weighted by atomic mass is 19.1. The highest BCUT2D eigenvalue weighted by molar-refractivity contribution is 5.85. The Hall–Kier alpha value is -2.69. The van der Waals surface area contributed by atoms with Gasteiger partial charge in [0.05, 0.1) is 5.69 Å². The lowest BCUT2D eigenvalue weighted by Gasteiger charge is -2.10. The van der Waals surface area contributed by atoms with Crippen LogP contribution in [-0.2, 0) is 13.0 Å². The number of nitrogen functional groups attached to an aromatic ring is 1. The molecule has 4 nitrogen and oxygen atoms in total. The van der Waals surface area contributed by atoms with E-state index in [1.54, 1.807) is 12.4 Å². The summed E-state index contributed by atoms with van der Waals surface area (Å²) < 4.78 is 15.6. The molecule has 0 saturated carbocycles. The van der Waals surface area contributed by atoms with Crippen molar-refractivity contribution in [3.05, 3.63) is 53.7 Å². The van der Waals surface area contributed by atoms with Crippen molar-refractivity contribution in [2.75, 3.05) is 5.73 Å². The van der Waals surface area contributed by atoms with Gasteiger partial charge in [-0.2, -0.15) is 0 Å². The van der Waals surface area contributed by atoms with Crippen LogP contribution in [0.1, 0.15) is 17.7 Å². The van der Waals surface area contributed by atoms with Crippen molar-refractivity contribution in [3.8, 4) is 22.4 Å². The number of fused-ring (bicyclic) bond motifs is 1. The lowest BCUT2D eigenvalue weighted by molar-refractivity contribution is 0.628. The predicted molar refractivity (Wildman–Crippen MR) is 88.3 cm³/mol. The maximum atomic E-state index is 13.3. The number of aromatic nitrogens is 3. The number of rotatable bonds is 2. The van der Waals surface area contributed by atoms with Crippen molar-refractivity contribution in [1.82, 2.24) is 14.5 Å². The summed E-state index contributed by atoms with van der Waals surface area (Å²) in [5, 5.41) is 0. The maximum Gasteiger partial charge on any atom is 0.219 e. The zero-order valence-electron chi connectivity index (χ0n) is 12.9. The van der Waals surface area contributed by atoms with Gasteiger partial charge in [-0.3, -0.25) is 0 Å². The molecule has 1 aliphatic heterocycles. The van der Waals surface area contributed by atoms with Crippen molar-refractivity contribution in [2.45, 2.75) is 26.3 Å². The molecule has 0 aliphatic carbocycles. The highest BCUT2D eigenvalue weighted by Gasteiger charge is 2.25. The van der Waals surface area contributed by atoms with Gasteiger partial charge in [0.25, 0.3) is 0 Å². The fourth-order valence-electron chi connectivity index (χ4n) is 3.50. The van der Waals surface area contributed by atoms with Crippen LogP contribution in [-0.4, -0.2) is 14.5 Å². The molecule has 0 bridgehead atoms. The van der Waals surface area contributed by atoms with Crippen LogP contribution < -0.4 is 5.73 Å². The molecule has 3 aromatic rings. The predicted octanol–water partition coefficient (Wildman–Crippen LogP) is 3.59. The van der Waals surface area contributed by atoms with E-state index in [1.807, 2.05) is 12.1 Å². The van der Waals surface area contributed by atoms with E-state index in [9.17, 15) is 4.39 Å². The standard InChI is InChI=1S/C18H17FN4/c1-11-15-3-2-8-23(15)17(13-9-21-18(20)22-10-13)16(11)12-4-6-14(19)7-5-12/h4-7,9-10H,2-3,8H2,1H3,(H2,20,21,22). The summed E-state index contributed by atoms with van der Waals surface area (Å²) in [6.07, 6.45) is 5.73.